The number of para-hydroxylation sites is 2. The first-order valence-corrected chi connectivity index (χ1v) is 9.26. The zero-order valence-electron chi connectivity index (χ0n) is 15.2. The molecule has 0 amide bonds. The van der Waals surface area contributed by atoms with Gasteiger partial charge in [-0.25, -0.2) is 4.98 Å². The Bertz CT molecular complexity index is 1150. The van der Waals surface area contributed by atoms with Crippen molar-refractivity contribution < 1.29 is 0 Å². The Kier molecular flexibility index (Phi) is 3.75. The maximum atomic E-state index is 4.99. The summed E-state index contributed by atoms with van der Waals surface area (Å²) in [6.07, 6.45) is 2.23. The number of fused-ring (bicyclic) bond motifs is 2. The summed E-state index contributed by atoms with van der Waals surface area (Å²) in [7, 11) is 2.11. The lowest BCUT2D eigenvalue weighted by Crippen LogP contribution is -2.21. The average molecular weight is 348 g/mol. The number of rotatable bonds is 2. The van der Waals surface area contributed by atoms with Crippen molar-refractivity contribution in [2.45, 2.75) is 5.92 Å². The van der Waals surface area contributed by atoms with Gasteiger partial charge in [-0.15, -0.1) is 0 Å². The van der Waals surface area contributed by atoms with Crippen molar-refractivity contribution in [1.29, 1.82) is 0 Å². The Morgan fingerprint density at radius 3 is 2.37 bits per heavy atom. The number of hydrogen-bond acceptors (Lipinski definition) is 2. The molecule has 0 N–H and O–H groups in total. The Balaban J connectivity index is 1.73. The third-order valence-corrected chi connectivity index (χ3v) is 5.30. The van der Waals surface area contributed by atoms with Crippen LogP contribution in [0.15, 0.2) is 97.2 Å². The van der Waals surface area contributed by atoms with E-state index < -0.39 is 0 Å². The van der Waals surface area contributed by atoms with E-state index in [1.54, 1.807) is 0 Å². The first-order valence-electron chi connectivity index (χ1n) is 9.26. The molecular weight excluding hydrogens is 328 g/mol. The molecule has 27 heavy (non-hydrogen) atoms. The van der Waals surface area contributed by atoms with Crippen molar-refractivity contribution in [3.8, 4) is 0 Å². The number of pyridine rings is 1. The van der Waals surface area contributed by atoms with E-state index in [-0.39, 0.29) is 5.92 Å². The lowest BCUT2D eigenvalue weighted by Gasteiger charge is -2.33. The van der Waals surface area contributed by atoms with Gasteiger partial charge in [0, 0.05) is 35.8 Å². The normalized spacial score (nSPS) is 16.1. The molecule has 0 bridgehead atoms. The van der Waals surface area contributed by atoms with E-state index in [0.29, 0.717) is 0 Å². The molecule has 1 aromatic heterocycles. The molecule has 2 heteroatoms. The van der Waals surface area contributed by atoms with Gasteiger partial charge in [0.15, 0.2) is 0 Å². The van der Waals surface area contributed by atoms with Crippen LogP contribution in [0.3, 0.4) is 0 Å². The molecule has 1 atom stereocenters. The number of allylic oxidation sites excluding steroid dienone is 1. The number of nitrogens with zero attached hydrogens (tertiary/aromatic N) is 2. The van der Waals surface area contributed by atoms with Gasteiger partial charge in [0.25, 0.3) is 0 Å². The monoisotopic (exact) mass is 348 g/mol. The van der Waals surface area contributed by atoms with E-state index in [1.165, 1.54) is 27.8 Å². The van der Waals surface area contributed by atoms with E-state index >= 15 is 0 Å². The largest absolute Gasteiger partial charge is 0.350 e. The fourth-order valence-electron chi connectivity index (χ4n) is 4.02. The average Bonchev–Trinajstić information content (AvgIpc) is 2.74. The molecule has 130 valence electrons. The third-order valence-electron chi connectivity index (χ3n) is 5.30. The molecule has 4 aromatic rings. The molecule has 0 saturated heterocycles. The molecule has 1 aliphatic heterocycles. The number of aromatic nitrogens is 1. The maximum Gasteiger partial charge on any atom is 0.0709 e. The Hall–Kier alpha value is -3.39. The quantitative estimate of drug-likeness (QED) is 0.451. The highest BCUT2D eigenvalue weighted by atomic mass is 15.1. The highest BCUT2D eigenvalue weighted by Gasteiger charge is 2.28. The van der Waals surface area contributed by atoms with Crippen molar-refractivity contribution in [3.63, 3.8) is 0 Å². The highest BCUT2D eigenvalue weighted by molar-refractivity contribution is 5.86. The molecule has 1 aliphatic rings. The molecule has 0 aliphatic carbocycles. The van der Waals surface area contributed by atoms with Crippen LogP contribution in [0.25, 0.3) is 16.5 Å². The predicted octanol–water partition coefficient (Wildman–Crippen LogP) is 5.86. The van der Waals surface area contributed by atoms with Crippen LogP contribution in [-0.4, -0.2) is 12.0 Å². The number of hydrogen-bond donors (Lipinski definition) is 0. The van der Waals surface area contributed by atoms with Crippen LogP contribution < -0.4 is 4.90 Å². The standard InChI is InChI=1S/C25H20N2/c1-27-17-21(23-16-15-18-9-5-7-13-22(18)26-23)25(19-10-3-2-4-11-19)20-12-6-8-14-24(20)27/h2-17,25H,1H3/t25-/m0/s1. The second-order valence-corrected chi connectivity index (χ2v) is 6.99. The van der Waals surface area contributed by atoms with Crippen LogP contribution in [0.5, 0.6) is 0 Å². The van der Waals surface area contributed by atoms with E-state index in [1.807, 2.05) is 6.07 Å². The first-order chi connectivity index (χ1) is 13.3. The third kappa shape index (κ3) is 2.70. The second kappa shape index (κ2) is 6.40. The molecule has 2 nitrogen and oxygen atoms in total. The summed E-state index contributed by atoms with van der Waals surface area (Å²) in [5.74, 6) is 0.173. The minimum absolute atomic E-state index is 0.173. The van der Waals surface area contributed by atoms with Crippen LogP contribution in [-0.2, 0) is 0 Å². The second-order valence-electron chi connectivity index (χ2n) is 6.99. The van der Waals surface area contributed by atoms with E-state index in [2.05, 4.69) is 103 Å². The van der Waals surface area contributed by atoms with E-state index in [0.717, 1.165) is 11.2 Å². The van der Waals surface area contributed by atoms with Gasteiger partial charge in [-0.2, -0.15) is 0 Å². The molecule has 5 rings (SSSR count). The van der Waals surface area contributed by atoms with Crippen molar-refractivity contribution in [2.75, 3.05) is 11.9 Å². The van der Waals surface area contributed by atoms with Gasteiger partial charge in [-0.1, -0.05) is 72.8 Å². The van der Waals surface area contributed by atoms with Crippen LogP contribution in [0.2, 0.25) is 0 Å². The van der Waals surface area contributed by atoms with Gasteiger partial charge in [0.05, 0.1) is 11.2 Å². The van der Waals surface area contributed by atoms with Crippen LogP contribution >= 0.6 is 0 Å². The van der Waals surface area contributed by atoms with Crippen molar-refractivity contribution >= 4 is 22.2 Å². The van der Waals surface area contributed by atoms with Crippen molar-refractivity contribution in [1.82, 2.24) is 4.98 Å². The minimum Gasteiger partial charge on any atom is -0.350 e. The fraction of sp³-hybridized carbons (Fsp3) is 0.0800. The van der Waals surface area contributed by atoms with Gasteiger partial charge >= 0.3 is 0 Å². The fourth-order valence-corrected chi connectivity index (χ4v) is 4.02. The lowest BCUT2D eigenvalue weighted by atomic mass is 9.80. The summed E-state index contributed by atoms with van der Waals surface area (Å²) in [6, 6.07) is 32.0. The maximum absolute atomic E-state index is 4.99. The SMILES string of the molecule is CN1C=C(c2ccc3ccccc3n2)[C@@H](c2ccccc2)c2ccccc21. The molecule has 0 radical (unpaired) electrons. The molecule has 0 spiro atoms. The molecular formula is C25H20N2. The topological polar surface area (TPSA) is 16.1 Å². The van der Waals surface area contributed by atoms with Gasteiger partial charge in [-0.05, 0) is 29.3 Å². The van der Waals surface area contributed by atoms with Crippen molar-refractivity contribution in [3.05, 3.63) is 114 Å². The Morgan fingerprint density at radius 1 is 0.741 bits per heavy atom. The first kappa shape index (κ1) is 15.8. The zero-order chi connectivity index (χ0) is 18.2. The smallest absolute Gasteiger partial charge is 0.0709 e. The number of anilines is 1. The molecule has 3 aromatic carbocycles. The molecule has 0 unspecified atom stereocenters. The summed E-state index contributed by atoms with van der Waals surface area (Å²) in [5, 5.41) is 1.17. The molecule has 0 saturated carbocycles. The van der Waals surface area contributed by atoms with Gasteiger partial charge in [-0.3, -0.25) is 0 Å². The summed E-state index contributed by atoms with van der Waals surface area (Å²) >= 11 is 0. The number of benzene rings is 3. The molecule has 2 heterocycles. The molecule has 0 fully saturated rings. The lowest BCUT2D eigenvalue weighted by molar-refractivity contribution is 0.976. The van der Waals surface area contributed by atoms with Gasteiger partial charge in [0.2, 0.25) is 0 Å². The van der Waals surface area contributed by atoms with E-state index in [4.69, 9.17) is 4.98 Å². The Labute approximate surface area is 159 Å². The Morgan fingerprint density at radius 2 is 1.48 bits per heavy atom. The summed E-state index contributed by atoms with van der Waals surface area (Å²) in [4.78, 5) is 7.20. The predicted molar refractivity (Wildman–Crippen MR) is 113 cm³/mol. The van der Waals surface area contributed by atoms with Gasteiger partial charge in [0.1, 0.15) is 0 Å². The van der Waals surface area contributed by atoms with Crippen LogP contribution in [0.1, 0.15) is 22.7 Å². The summed E-state index contributed by atoms with van der Waals surface area (Å²) in [5.41, 5.74) is 7.15. The van der Waals surface area contributed by atoms with Gasteiger partial charge < -0.3 is 4.90 Å². The van der Waals surface area contributed by atoms with E-state index in [9.17, 15) is 0 Å². The summed E-state index contributed by atoms with van der Waals surface area (Å²) < 4.78 is 0. The zero-order valence-corrected chi connectivity index (χ0v) is 15.2. The van der Waals surface area contributed by atoms with Crippen LogP contribution in [0.4, 0.5) is 5.69 Å². The van der Waals surface area contributed by atoms with Crippen LogP contribution in [0, 0.1) is 0 Å². The summed E-state index contributed by atoms with van der Waals surface area (Å²) in [6.45, 7) is 0. The highest BCUT2D eigenvalue weighted by Crippen LogP contribution is 2.45. The van der Waals surface area contributed by atoms with Crippen molar-refractivity contribution in [2.24, 2.45) is 0 Å². The minimum atomic E-state index is 0.173.